The molecular weight excluding hydrogens is 494 g/mol. The Morgan fingerprint density at radius 1 is 1.16 bits per heavy atom. The molecule has 1 saturated heterocycles. The molecule has 186 valence electrons. The van der Waals surface area contributed by atoms with Gasteiger partial charge in [0, 0.05) is 30.3 Å². The molecule has 0 unspecified atom stereocenters. The number of likely N-dealkylation sites (tertiary alicyclic amines) is 1. The number of amides is 2. The van der Waals surface area contributed by atoms with Crippen LogP contribution in [0.4, 0.5) is 5.82 Å². The minimum atomic E-state index is -0.396. The first-order valence-corrected chi connectivity index (χ1v) is 12.1. The topological polar surface area (TPSA) is 135 Å². The van der Waals surface area contributed by atoms with Crippen LogP contribution in [0, 0.1) is 5.41 Å². The predicted molar refractivity (Wildman–Crippen MR) is 136 cm³/mol. The normalized spacial score (nSPS) is 16.2. The second-order valence-corrected chi connectivity index (χ2v) is 9.84. The van der Waals surface area contributed by atoms with E-state index < -0.39 is 5.91 Å². The number of H-pyrrole nitrogens is 1. The van der Waals surface area contributed by atoms with Gasteiger partial charge in [-0.15, -0.1) is 5.10 Å². The summed E-state index contributed by atoms with van der Waals surface area (Å²) in [5.74, 6) is -0.0162. The molecule has 1 saturated carbocycles. The maximum absolute atomic E-state index is 12.7. The fraction of sp³-hybridized carbons (Fsp3) is 0.240. The number of aromatic nitrogens is 7. The van der Waals surface area contributed by atoms with Gasteiger partial charge < -0.3 is 10.2 Å². The number of carbonyl (C=O) groups excluding carboxylic acids is 2. The number of nitrogens with one attached hydrogen (secondary N) is 2. The van der Waals surface area contributed by atoms with Gasteiger partial charge in [0.05, 0.1) is 29.2 Å². The Bertz CT molecular complexity index is 1500. The third-order valence-corrected chi connectivity index (χ3v) is 7.18. The molecule has 0 bridgehead atoms. The Balaban J connectivity index is 1.07. The first kappa shape index (κ1) is 23.0. The number of anilines is 1. The summed E-state index contributed by atoms with van der Waals surface area (Å²) in [5, 5.41) is 18.4. The molecule has 0 radical (unpaired) electrons. The van der Waals surface area contributed by atoms with Crippen LogP contribution in [0.3, 0.4) is 0 Å². The molecule has 2 N–H and O–H groups in total. The molecule has 12 heteroatoms. The summed E-state index contributed by atoms with van der Waals surface area (Å²) in [7, 11) is 0. The standard InChI is InChI=1S/C25H22ClN9O2/c1-2-22(36)34-13-25(14-34)8-16(9-25)35-12-20(31-33-35)15-6-7-21(27-10-15)30-24(37)19-5-3-4-18(29-19)23-17(26)11-28-32-23/h2-7,10-12,16H,1,8-9,13-14H2,(H,28,32)(H,27,30,37). The maximum Gasteiger partial charge on any atom is 0.275 e. The molecule has 2 aliphatic rings. The molecule has 37 heavy (non-hydrogen) atoms. The van der Waals surface area contributed by atoms with Crippen molar-refractivity contribution in [3.05, 3.63) is 72.3 Å². The van der Waals surface area contributed by atoms with Crippen LogP contribution in [0.25, 0.3) is 22.6 Å². The summed E-state index contributed by atoms with van der Waals surface area (Å²) in [4.78, 5) is 35.0. The highest BCUT2D eigenvalue weighted by Gasteiger charge is 2.54. The third kappa shape index (κ3) is 4.27. The Morgan fingerprint density at radius 3 is 2.70 bits per heavy atom. The minimum absolute atomic E-state index is 0.00641. The molecule has 11 nitrogen and oxygen atoms in total. The van der Waals surface area contributed by atoms with Crippen LogP contribution in [0.2, 0.25) is 5.02 Å². The number of rotatable bonds is 6. The Hall–Kier alpha value is -4.38. The number of pyridine rings is 2. The van der Waals surface area contributed by atoms with Crippen LogP contribution in [0.5, 0.6) is 0 Å². The van der Waals surface area contributed by atoms with Gasteiger partial charge in [-0.3, -0.25) is 14.7 Å². The zero-order valence-electron chi connectivity index (χ0n) is 19.6. The van der Waals surface area contributed by atoms with E-state index in [1.807, 2.05) is 21.8 Å². The molecule has 2 fully saturated rings. The molecule has 1 aliphatic heterocycles. The second kappa shape index (κ2) is 8.93. The summed E-state index contributed by atoms with van der Waals surface area (Å²) in [6, 6.07) is 8.88. The van der Waals surface area contributed by atoms with E-state index in [0.717, 1.165) is 31.5 Å². The van der Waals surface area contributed by atoms with Crippen LogP contribution in [-0.2, 0) is 4.79 Å². The van der Waals surface area contributed by atoms with Crippen molar-refractivity contribution < 1.29 is 9.59 Å². The van der Waals surface area contributed by atoms with Crippen LogP contribution < -0.4 is 5.32 Å². The van der Waals surface area contributed by atoms with Crippen LogP contribution in [0.15, 0.2) is 61.6 Å². The number of nitrogens with zero attached hydrogens (tertiary/aromatic N) is 7. The first-order chi connectivity index (χ1) is 17.9. The van der Waals surface area contributed by atoms with E-state index in [9.17, 15) is 9.59 Å². The molecule has 1 spiro atoms. The monoisotopic (exact) mass is 515 g/mol. The van der Waals surface area contributed by atoms with E-state index in [0.29, 0.717) is 27.9 Å². The van der Waals surface area contributed by atoms with Gasteiger partial charge in [-0.05, 0) is 43.2 Å². The molecule has 5 heterocycles. The molecule has 1 aliphatic carbocycles. The Morgan fingerprint density at radius 2 is 2.00 bits per heavy atom. The van der Waals surface area contributed by atoms with Gasteiger partial charge in [0.1, 0.15) is 22.9 Å². The summed E-state index contributed by atoms with van der Waals surface area (Å²) >= 11 is 6.10. The molecule has 0 atom stereocenters. The highest BCUT2D eigenvalue weighted by molar-refractivity contribution is 6.32. The molecule has 0 aromatic carbocycles. The van der Waals surface area contributed by atoms with Crippen molar-refractivity contribution in [2.24, 2.45) is 5.41 Å². The minimum Gasteiger partial charge on any atom is -0.338 e. The van der Waals surface area contributed by atoms with Crippen LogP contribution in [0.1, 0.15) is 29.4 Å². The third-order valence-electron chi connectivity index (χ3n) is 6.89. The first-order valence-electron chi connectivity index (χ1n) is 11.7. The zero-order valence-corrected chi connectivity index (χ0v) is 20.4. The van der Waals surface area contributed by atoms with E-state index in [2.05, 4.69) is 42.4 Å². The highest BCUT2D eigenvalue weighted by Crippen LogP contribution is 2.53. The van der Waals surface area contributed by atoms with Gasteiger partial charge in [0.25, 0.3) is 5.91 Å². The highest BCUT2D eigenvalue weighted by atomic mass is 35.5. The van der Waals surface area contributed by atoms with E-state index in [1.54, 1.807) is 30.5 Å². The zero-order chi connectivity index (χ0) is 25.6. The maximum atomic E-state index is 12.7. The van der Waals surface area contributed by atoms with Crippen molar-refractivity contribution in [1.29, 1.82) is 0 Å². The largest absolute Gasteiger partial charge is 0.338 e. The number of hydrogen-bond donors (Lipinski definition) is 2. The molecule has 4 aromatic heterocycles. The van der Waals surface area contributed by atoms with Crippen molar-refractivity contribution in [3.63, 3.8) is 0 Å². The summed E-state index contributed by atoms with van der Waals surface area (Å²) < 4.78 is 1.89. The second-order valence-electron chi connectivity index (χ2n) is 9.43. The lowest BCUT2D eigenvalue weighted by molar-refractivity contribution is -0.149. The molecule has 2 amide bonds. The van der Waals surface area contributed by atoms with Crippen molar-refractivity contribution in [3.8, 4) is 22.6 Å². The lowest BCUT2D eigenvalue weighted by atomic mass is 9.60. The van der Waals surface area contributed by atoms with Gasteiger partial charge in [-0.1, -0.05) is 29.5 Å². The van der Waals surface area contributed by atoms with E-state index >= 15 is 0 Å². The van der Waals surface area contributed by atoms with E-state index in [4.69, 9.17) is 11.6 Å². The summed E-state index contributed by atoms with van der Waals surface area (Å²) in [6.07, 6.45) is 8.35. The van der Waals surface area contributed by atoms with Gasteiger partial charge >= 0.3 is 0 Å². The predicted octanol–water partition coefficient (Wildman–Crippen LogP) is 3.38. The molecular formula is C25H22ClN9O2. The van der Waals surface area contributed by atoms with Gasteiger partial charge in [0.15, 0.2) is 0 Å². The average Bonchev–Trinajstić information content (AvgIpc) is 3.52. The Kier molecular flexibility index (Phi) is 5.56. The number of aromatic amines is 1. The number of halogens is 1. The lowest BCUT2D eigenvalue weighted by Crippen LogP contribution is -2.63. The molecule has 4 aromatic rings. The van der Waals surface area contributed by atoms with Crippen molar-refractivity contribution in [2.45, 2.75) is 18.9 Å². The quantitative estimate of drug-likeness (QED) is 0.376. The van der Waals surface area contributed by atoms with Gasteiger partial charge in [-0.25, -0.2) is 14.6 Å². The molecule has 6 rings (SSSR count). The van der Waals surface area contributed by atoms with Crippen molar-refractivity contribution >= 4 is 29.2 Å². The SMILES string of the molecule is C=CC(=O)N1CC2(CC(n3cc(-c4ccc(NC(=O)c5cccc(-c6[nH]ncc6Cl)n5)nc4)nn3)C2)C1. The number of carbonyl (C=O) groups is 2. The van der Waals surface area contributed by atoms with Crippen molar-refractivity contribution in [1.82, 2.24) is 40.1 Å². The van der Waals surface area contributed by atoms with Crippen LogP contribution in [-0.4, -0.2) is 65.0 Å². The lowest BCUT2D eigenvalue weighted by Gasteiger charge is -2.58. The van der Waals surface area contributed by atoms with Gasteiger partial charge in [0.2, 0.25) is 5.91 Å². The average molecular weight is 516 g/mol. The Labute approximate surface area is 216 Å². The number of hydrogen-bond acceptors (Lipinski definition) is 7. The van der Waals surface area contributed by atoms with E-state index in [1.165, 1.54) is 12.3 Å². The van der Waals surface area contributed by atoms with E-state index in [-0.39, 0.29) is 23.1 Å². The van der Waals surface area contributed by atoms with Gasteiger partial charge in [-0.2, -0.15) is 5.10 Å². The van der Waals surface area contributed by atoms with Crippen molar-refractivity contribution in [2.75, 3.05) is 18.4 Å². The fourth-order valence-corrected chi connectivity index (χ4v) is 5.16. The fourth-order valence-electron chi connectivity index (χ4n) is 4.97. The summed E-state index contributed by atoms with van der Waals surface area (Å²) in [6.45, 7) is 5.11. The smallest absolute Gasteiger partial charge is 0.275 e. The van der Waals surface area contributed by atoms with Crippen LogP contribution >= 0.6 is 11.6 Å². The summed E-state index contributed by atoms with van der Waals surface area (Å²) in [5.41, 5.74) is 2.97.